The molecule has 3 aliphatic carbocycles. The molecule has 4 aromatic rings. The summed E-state index contributed by atoms with van der Waals surface area (Å²) in [5.74, 6) is -3.46. The van der Waals surface area contributed by atoms with E-state index in [1.54, 1.807) is 24.3 Å². The topological polar surface area (TPSA) is 92.8 Å². The molecule has 0 radical (unpaired) electrons. The SMILES string of the molecule is O=C(COC(=O)c1cccc(N2C(=O)[C@H]3C4c5ccccc5C(c5ccccc54)[C@@H]3C2=O)c1)Nc1ccc(Cl)cc1Cl. The molecule has 8 rings (SSSR count). The molecule has 0 saturated carbocycles. The summed E-state index contributed by atoms with van der Waals surface area (Å²) in [5.41, 5.74) is 5.06. The van der Waals surface area contributed by atoms with E-state index in [-0.39, 0.29) is 34.2 Å². The molecule has 1 saturated heterocycles. The van der Waals surface area contributed by atoms with E-state index in [1.165, 1.54) is 23.1 Å². The van der Waals surface area contributed by atoms with Gasteiger partial charge in [-0.3, -0.25) is 14.4 Å². The first-order valence-electron chi connectivity index (χ1n) is 13.4. The lowest BCUT2D eigenvalue weighted by molar-refractivity contribution is -0.122. The van der Waals surface area contributed by atoms with Crippen LogP contribution >= 0.6 is 23.2 Å². The number of hydrogen-bond acceptors (Lipinski definition) is 5. The van der Waals surface area contributed by atoms with Crippen molar-refractivity contribution in [2.24, 2.45) is 11.8 Å². The van der Waals surface area contributed by atoms with Crippen LogP contribution in [0.2, 0.25) is 10.0 Å². The first-order chi connectivity index (χ1) is 20.3. The van der Waals surface area contributed by atoms with Crippen LogP contribution in [0.1, 0.15) is 44.4 Å². The van der Waals surface area contributed by atoms with Crippen LogP contribution < -0.4 is 10.2 Å². The second-order valence-electron chi connectivity index (χ2n) is 10.6. The molecular formula is C33H22Cl2N2O5. The Balaban J connectivity index is 1.13. The number of rotatable bonds is 5. The van der Waals surface area contributed by atoms with Crippen molar-refractivity contribution in [1.82, 2.24) is 0 Å². The molecule has 42 heavy (non-hydrogen) atoms. The number of nitrogens with zero attached hydrogens (tertiary/aromatic N) is 1. The number of ether oxygens (including phenoxy) is 1. The maximum Gasteiger partial charge on any atom is 0.338 e. The number of nitrogens with one attached hydrogen (secondary N) is 1. The zero-order valence-electron chi connectivity index (χ0n) is 21.9. The summed E-state index contributed by atoms with van der Waals surface area (Å²) in [5, 5.41) is 3.23. The average molecular weight is 597 g/mol. The minimum atomic E-state index is -0.773. The summed E-state index contributed by atoms with van der Waals surface area (Å²) >= 11 is 12.0. The Morgan fingerprint density at radius 2 is 1.31 bits per heavy atom. The number of esters is 1. The molecule has 4 aromatic carbocycles. The van der Waals surface area contributed by atoms with Crippen molar-refractivity contribution in [1.29, 1.82) is 0 Å². The second kappa shape index (κ2) is 10.1. The van der Waals surface area contributed by atoms with E-state index >= 15 is 0 Å². The van der Waals surface area contributed by atoms with Gasteiger partial charge in [0.25, 0.3) is 5.91 Å². The van der Waals surface area contributed by atoms with Crippen molar-refractivity contribution in [3.05, 3.63) is 129 Å². The van der Waals surface area contributed by atoms with Crippen molar-refractivity contribution in [2.45, 2.75) is 11.8 Å². The summed E-state index contributed by atoms with van der Waals surface area (Å²) in [6, 6.07) is 26.8. The van der Waals surface area contributed by atoms with Gasteiger partial charge in [-0.25, -0.2) is 9.69 Å². The smallest absolute Gasteiger partial charge is 0.338 e. The maximum absolute atomic E-state index is 14.0. The number of hydrogen-bond donors (Lipinski definition) is 1. The summed E-state index contributed by atoms with van der Waals surface area (Å²) in [6.07, 6.45) is 0. The fourth-order valence-corrected chi connectivity index (χ4v) is 7.15. The fourth-order valence-electron chi connectivity index (χ4n) is 6.70. The predicted octanol–water partition coefficient (Wildman–Crippen LogP) is 6.19. The molecule has 7 nitrogen and oxygen atoms in total. The van der Waals surface area contributed by atoms with Crippen LogP contribution in [0.4, 0.5) is 11.4 Å². The van der Waals surface area contributed by atoms with Crippen molar-refractivity contribution in [2.75, 3.05) is 16.8 Å². The number of carbonyl (C=O) groups excluding carboxylic acids is 4. The first-order valence-corrected chi connectivity index (χ1v) is 14.2. The Hall–Kier alpha value is -4.46. The minimum absolute atomic E-state index is 0.106. The van der Waals surface area contributed by atoms with E-state index in [4.69, 9.17) is 27.9 Å². The molecule has 208 valence electrons. The predicted molar refractivity (Wildman–Crippen MR) is 158 cm³/mol. The number of halogens is 2. The molecule has 2 atom stereocenters. The van der Waals surface area contributed by atoms with Gasteiger partial charge in [0.15, 0.2) is 6.61 Å². The molecular weight excluding hydrogens is 575 g/mol. The third kappa shape index (κ3) is 4.11. The number of benzene rings is 4. The molecule has 1 N–H and O–H groups in total. The summed E-state index contributed by atoms with van der Waals surface area (Å²) in [6.45, 7) is -0.562. The van der Waals surface area contributed by atoms with Gasteiger partial charge in [-0.1, -0.05) is 77.8 Å². The van der Waals surface area contributed by atoms with E-state index in [1.807, 2.05) is 48.5 Å². The molecule has 0 spiro atoms. The summed E-state index contributed by atoms with van der Waals surface area (Å²) < 4.78 is 5.21. The lowest BCUT2D eigenvalue weighted by atomic mass is 9.55. The van der Waals surface area contributed by atoms with E-state index in [9.17, 15) is 19.2 Å². The zero-order chi connectivity index (χ0) is 29.1. The first kappa shape index (κ1) is 26.4. The highest BCUT2D eigenvalue weighted by Gasteiger charge is 2.61. The summed E-state index contributed by atoms with van der Waals surface area (Å²) in [4.78, 5) is 54.4. The molecule has 9 heteroatoms. The summed E-state index contributed by atoms with van der Waals surface area (Å²) in [7, 11) is 0. The molecule has 3 amide bonds. The number of amides is 3. The average Bonchev–Trinajstić information content (AvgIpc) is 3.27. The third-order valence-electron chi connectivity index (χ3n) is 8.33. The van der Waals surface area contributed by atoms with Gasteiger partial charge in [0.1, 0.15) is 0 Å². The lowest BCUT2D eigenvalue weighted by Gasteiger charge is -2.45. The maximum atomic E-state index is 14.0. The highest BCUT2D eigenvalue weighted by Crippen LogP contribution is 2.61. The van der Waals surface area contributed by atoms with E-state index < -0.39 is 30.3 Å². The Morgan fingerprint density at radius 3 is 1.86 bits per heavy atom. The normalized spacial score (nSPS) is 21.4. The van der Waals surface area contributed by atoms with Gasteiger partial charge in [0, 0.05) is 16.9 Å². The molecule has 1 heterocycles. The van der Waals surface area contributed by atoms with Gasteiger partial charge in [-0.05, 0) is 58.7 Å². The van der Waals surface area contributed by atoms with Crippen LogP contribution in [0.25, 0.3) is 0 Å². The molecule has 4 aliphatic rings. The highest BCUT2D eigenvalue weighted by atomic mass is 35.5. The number of carbonyl (C=O) groups is 4. The Labute approximate surface area is 251 Å². The van der Waals surface area contributed by atoms with Gasteiger partial charge in [-0.2, -0.15) is 0 Å². The van der Waals surface area contributed by atoms with Crippen LogP contribution in [-0.4, -0.2) is 30.3 Å². The van der Waals surface area contributed by atoms with E-state index in [0.717, 1.165) is 22.3 Å². The Kier molecular flexibility index (Phi) is 6.37. The van der Waals surface area contributed by atoms with Crippen molar-refractivity contribution >= 4 is 58.3 Å². The largest absolute Gasteiger partial charge is 0.452 e. The van der Waals surface area contributed by atoms with Crippen LogP contribution in [0.3, 0.4) is 0 Å². The highest BCUT2D eigenvalue weighted by molar-refractivity contribution is 6.36. The third-order valence-corrected chi connectivity index (χ3v) is 8.88. The molecule has 0 aromatic heterocycles. The van der Waals surface area contributed by atoms with Gasteiger partial charge in [-0.15, -0.1) is 0 Å². The molecule has 1 fully saturated rings. The van der Waals surface area contributed by atoms with Crippen molar-refractivity contribution in [3.63, 3.8) is 0 Å². The Bertz CT molecular complexity index is 1710. The van der Waals surface area contributed by atoms with E-state index in [0.29, 0.717) is 16.4 Å². The van der Waals surface area contributed by atoms with Crippen LogP contribution in [-0.2, 0) is 19.1 Å². The fraction of sp³-hybridized carbons (Fsp3) is 0.152. The van der Waals surface area contributed by atoms with Gasteiger partial charge < -0.3 is 10.1 Å². The van der Waals surface area contributed by atoms with Crippen LogP contribution in [0.15, 0.2) is 91.0 Å². The van der Waals surface area contributed by atoms with E-state index in [2.05, 4.69) is 5.32 Å². The quantitative estimate of drug-likeness (QED) is 0.219. The Morgan fingerprint density at radius 1 is 0.738 bits per heavy atom. The lowest BCUT2D eigenvalue weighted by Crippen LogP contribution is -2.41. The minimum Gasteiger partial charge on any atom is -0.452 e. The number of imide groups is 1. The van der Waals surface area contributed by atoms with Gasteiger partial charge in [0.2, 0.25) is 11.8 Å². The van der Waals surface area contributed by atoms with Crippen LogP contribution in [0, 0.1) is 11.8 Å². The van der Waals surface area contributed by atoms with Crippen LogP contribution in [0.5, 0.6) is 0 Å². The van der Waals surface area contributed by atoms with Gasteiger partial charge in [0.05, 0.1) is 33.8 Å². The zero-order valence-corrected chi connectivity index (χ0v) is 23.4. The van der Waals surface area contributed by atoms with Gasteiger partial charge >= 0.3 is 5.97 Å². The number of anilines is 2. The monoisotopic (exact) mass is 596 g/mol. The standard InChI is InChI=1S/C33H22Cl2N2O5/c34-18-12-13-25(24(35)15-18)36-26(38)16-42-33(41)17-6-5-7-19(14-17)37-31(39)29-27-20-8-1-2-9-21(20)28(30(29)32(37)40)23-11-4-3-10-22(23)27/h1-15,27-30H,16H2,(H,36,38)/t27?,28?,29-,30-/m0/s1. The molecule has 0 unspecified atom stereocenters. The van der Waals surface area contributed by atoms with Crippen molar-refractivity contribution < 1.29 is 23.9 Å². The molecule has 2 bridgehead atoms. The molecule has 1 aliphatic heterocycles. The van der Waals surface area contributed by atoms with Crippen molar-refractivity contribution in [3.8, 4) is 0 Å². The second-order valence-corrected chi connectivity index (χ2v) is 11.4.